The van der Waals surface area contributed by atoms with Gasteiger partial charge in [0.1, 0.15) is 6.04 Å². The van der Waals surface area contributed by atoms with E-state index in [1.165, 1.54) is 4.90 Å². The topological polar surface area (TPSA) is 107 Å². The lowest BCUT2D eigenvalue weighted by Gasteiger charge is -2.31. The van der Waals surface area contributed by atoms with Crippen LogP contribution in [0.3, 0.4) is 0 Å². The molecule has 19 heavy (non-hydrogen) atoms. The number of rotatable bonds is 2. The van der Waals surface area contributed by atoms with E-state index in [4.69, 9.17) is 5.84 Å². The molecule has 8 heteroatoms. The van der Waals surface area contributed by atoms with E-state index in [1.54, 1.807) is 13.8 Å². The predicted octanol–water partition coefficient (Wildman–Crippen LogP) is -0.471. The quantitative estimate of drug-likeness (QED) is 0.305. The van der Waals surface area contributed by atoms with Crippen LogP contribution in [0.15, 0.2) is 0 Å². The largest absolute Gasteiger partial charge is 0.344 e. The minimum atomic E-state index is -0.770. The van der Waals surface area contributed by atoms with Gasteiger partial charge in [-0.1, -0.05) is 13.8 Å². The fourth-order valence-electron chi connectivity index (χ4n) is 2.45. The SMILES string of the molecule is CC(C)C(=O)N(N)C(=O)[C@H]1CC[C@H]2CN1C(=O)N2O. The van der Waals surface area contributed by atoms with Crippen LogP contribution in [0, 0.1) is 5.92 Å². The molecule has 2 rings (SSSR count). The van der Waals surface area contributed by atoms with Gasteiger partial charge in [0.25, 0.3) is 5.91 Å². The smallest absolute Gasteiger partial charge is 0.309 e. The van der Waals surface area contributed by atoms with E-state index >= 15 is 0 Å². The van der Waals surface area contributed by atoms with E-state index in [1.807, 2.05) is 0 Å². The van der Waals surface area contributed by atoms with Gasteiger partial charge < -0.3 is 4.90 Å². The fraction of sp³-hybridized carbons (Fsp3) is 0.727. The zero-order valence-electron chi connectivity index (χ0n) is 10.9. The number of amides is 4. The molecule has 0 radical (unpaired) electrons. The molecule has 2 heterocycles. The first-order chi connectivity index (χ1) is 8.84. The number of piperidine rings is 1. The Morgan fingerprint density at radius 1 is 1.42 bits per heavy atom. The molecule has 4 amide bonds. The highest BCUT2D eigenvalue weighted by Gasteiger charge is 2.48. The number of hydrogen-bond acceptors (Lipinski definition) is 5. The van der Waals surface area contributed by atoms with E-state index in [0.29, 0.717) is 22.9 Å². The Morgan fingerprint density at radius 3 is 2.63 bits per heavy atom. The van der Waals surface area contributed by atoms with Crippen molar-refractivity contribution in [3.63, 3.8) is 0 Å². The van der Waals surface area contributed by atoms with Crippen molar-refractivity contribution in [3.8, 4) is 0 Å². The van der Waals surface area contributed by atoms with Gasteiger partial charge in [-0.05, 0) is 12.8 Å². The van der Waals surface area contributed by atoms with Crippen molar-refractivity contribution in [2.45, 2.75) is 38.8 Å². The highest BCUT2D eigenvalue weighted by molar-refractivity contribution is 5.99. The van der Waals surface area contributed by atoms with Gasteiger partial charge in [0.05, 0.1) is 6.04 Å². The molecular formula is C11H18N4O4. The van der Waals surface area contributed by atoms with Crippen LogP contribution in [-0.2, 0) is 9.59 Å². The van der Waals surface area contributed by atoms with Crippen LogP contribution in [-0.4, -0.2) is 56.7 Å². The summed E-state index contributed by atoms with van der Waals surface area (Å²) in [6.07, 6.45) is 0.907. The average Bonchev–Trinajstić information content (AvgIpc) is 2.61. The van der Waals surface area contributed by atoms with Crippen molar-refractivity contribution in [2.75, 3.05) is 6.54 Å². The summed E-state index contributed by atoms with van der Waals surface area (Å²) >= 11 is 0. The molecule has 8 nitrogen and oxygen atoms in total. The van der Waals surface area contributed by atoms with E-state index < -0.39 is 29.8 Å². The maximum absolute atomic E-state index is 12.2. The number of hydrazine groups is 1. The highest BCUT2D eigenvalue weighted by Crippen LogP contribution is 2.29. The van der Waals surface area contributed by atoms with Gasteiger partial charge in [0, 0.05) is 12.5 Å². The third kappa shape index (κ3) is 2.17. The molecule has 0 spiro atoms. The summed E-state index contributed by atoms with van der Waals surface area (Å²) in [5, 5.41) is 10.8. The van der Waals surface area contributed by atoms with Crippen molar-refractivity contribution >= 4 is 17.8 Å². The average molecular weight is 270 g/mol. The lowest BCUT2D eigenvalue weighted by molar-refractivity contribution is -0.150. The Kier molecular flexibility index (Phi) is 3.46. The Hall–Kier alpha value is -1.67. The lowest BCUT2D eigenvalue weighted by atomic mass is 10.00. The van der Waals surface area contributed by atoms with Crippen LogP contribution in [0.5, 0.6) is 0 Å². The molecule has 2 aliphatic heterocycles. The summed E-state index contributed by atoms with van der Waals surface area (Å²) in [6, 6.07) is -1.65. The summed E-state index contributed by atoms with van der Waals surface area (Å²) < 4.78 is 0. The van der Waals surface area contributed by atoms with Crippen LogP contribution < -0.4 is 5.84 Å². The zero-order valence-corrected chi connectivity index (χ0v) is 10.9. The summed E-state index contributed by atoms with van der Waals surface area (Å²) in [6.45, 7) is 3.57. The summed E-state index contributed by atoms with van der Waals surface area (Å²) in [4.78, 5) is 36.9. The molecule has 0 aromatic carbocycles. The van der Waals surface area contributed by atoms with E-state index in [-0.39, 0.29) is 12.6 Å². The second kappa shape index (κ2) is 4.78. The standard InChI is InChI=1S/C11H18N4O4/c1-6(2)9(16)14(12)10(17)8-4-3-7-5-13(8)11(18)15(7)19/h6-8,19H,3-5,12H2,1-2H3/t7-,8+/m0/s1. The van der Waals surface area contributed by atoms with Gasteiger partial charge in [-0.15, -0.1) is 0 Å². The van der Waals surface area contributed by atoms with Crippen LogP contribution >= 0.6 is 0 Å². The van der Waals surface area contributed by atoms with Gasteiger partial charge in [-0.2, -0.15) is 0 Å². The number of urea groups is 1. The molecule has 2 saturated heterocycles. The van der Waals surface area contributed by atoms with Gasteiger partial charge >= 0.3 is 6.03 Å². The second-order valence-corrected chi connectivity index (χ2v) is 5.23. The van der Waals surface area contributed by atoms with Crippen molar-refractivity contribution < 1.29 is 19.6 Å². The summed E-state index contributed by atoms with van der Waals surface area (Å²) in [5.41, 5.74) is 0. The Morgan fingerprint density at radius 2 is 2.05 bits per heavy atom. The molecule has 0 aromatic heterocycles. The van der Waals surface area contributed by atoms with E-state index in [9.17, 15) is 19.6 Å². The molecule has 0 aromatic rings. The zero-order chi connectivity index (χ0) is 14.3. The molecule has 3 N–H and O–H groups in total. The lowest BCUT2D eigenvalue weighted by Crippen LogP contribution is -2.56. The Labute approximate surface area is 110 Å². The second-order valence-electron chi connectivity index (χ2n) is 5.23. The van der Waals surface area contributed by atoms with Gasteiger partial charge in [-0.25, -0.2) is 20.7 Å². The van der Waals surface area contributed by atoms with Crippen LogP contribution in [0.4, 0.5) is 4.79 Å². The van der Waals surface area contributed by atoms with Gasteiger partial charge in [0.15, 0.2) is 0 Å². The molecular weight excluding hydrogens is 252 g/mol. The van der Waals surface area contributed by atoms with Crippen LogP contribution in [0.25, 0.3) is 0 Å². The van der Waals surface area contributed by atoms with Gasteiger partial charge in [-0.3, -0.25) is 14.8 Å². The molecule has 106 valence electrons. The molecule has 2 bridgehead atoms. The molecule has 2 fully saturated rings. The minimum Gasteiger partial charge on any atom is -0.309 e. The summed E-state index contributed by atoms with van der Waals surface area (Å²) in [7, 11) is 0. The number of imide groups is 1. The third-order valence-corrected chi connectivity index (χ3v) is 3.60. The maximum atomic E-state index is 12.2. The molecule has 0 unspecified atom stereocenters. The maximum Gasteiger partial charge on any atom is 0.344 e. The number of fused-ring (bicyclic) bond motifs is 2. The first-order valence-electron chi connectivity index (χ1n) is 6.25. The van der Waals surface area contributed by atoms with Gasteiger partial charge in [0.2, 0.25) is 5.91 Å². The number of nitrogens with zero attached hydrogens (tertiary/aromatic N) is 3. The van der Waals surface area contributed by atoms with Crippen molar-refractivity contribution in [3.05, 3.63) is 0 Å². The molecule has 0 aliphatic carbocycles. The number of carbonyl (C=O) groups excluding carboxylic acids is 3. The summed E-state index contributed by atoms with van der Waals surface area (Å²) in [5.74, 6) is 4.05. The minimum absolute atomic E-state index is 0.274. The van der Waals surface area contributed by atoms with Crippen LogP contribution in [0.2, 0.25) is 0 Å². The normalized spacial score (nSPS) is 26.1. The number of hydroxylamine groups is 2. The number of hydrogen-bond donors (Lipinski definition) is 2. The van der Waals surface area contributed by atoms with Crippen molar-refractivity contribution in [1.29, 1.82) is 0 Å². The number of nitrogens with two attached hydrogens (primary N) is 1. The molecule has 0 saturated carbocycles. The third-order valence-electron chi connectivity index (χ3n) is 3.60. The highest BCUT2D eigenvalue weighted by atomic mass is 16.5. The van der Waals surface area contributed by atoms with Crippen LogP contribution in [0.1, 0.15) is 26.7 Å². The van der Waals surface area contributed by atoms with Crippen molar-refractivity contribution in [2.24, 2.45) is 11.8 Å². The monoisotopic (exact) mass is 270 g/mol. The molecule has 2 atom stereocenters. The van der Waals surface area contributed by atoms with E-state index in [0.717, 1.165) is 0 Å². The predicted molar refractivity (Wildman–Crippen MR) is 63.4 cm³/mol. The molecule has 2 aliphatic rings. The Balaban J connectivity index is 2.12. The Bertz CT molecular complexity index is 425. The van der Waals surface area contributed by atoms with Crippen molar-refractivity contribution in [1.82, 2.24) is 15.0 Å². The fourth-order valence-corrected chi connectivity index (χ4v) is 2.45. The number of carbonyl (C=O) groups is 3. The van der Waals surface area contributed by atoms with E-state index in [2.05, 4.69) is 0 Å². The first-order valence-corrected chi connectivity index (χ1v) is 6.25. The first kappa shape index (κ1) is 13.8.